The summed E-state index contributed by atoms with van der Waals surface area (Å²) in [5, 5.41) is 34.5. The Morgan fingerprint density at radius 1 is 1.06 bits per heavy atom. The van der Waals surface area contributed by atoms with Crippen molar-refractivity contribution in [1.82, 2.24) is 15.1 Å². The summed E-state index contributed by atoms with van der Waals surface area (Å²) in [7, 11) is 0. The van der Waals surface area contributed by atoms with E-state index in [9.17, 15) is 24.9 Å². The van der Waals surface area contributed by atoms with E-state index in [1.807, 2.05) is 30.9 Å². The van der Waals surface area contributed by atoms with Gasteiger partial charge in [-0.2, -0.15) is 0 Å². The number of amides is 2. The molecule has 1 aromatic carbocycles. The minimum Gasteiger partial charge on any atom is -0.394 e. The Balaban J connectivity index is 1.52. The van der Waals surface area contributed by atoms with Crippen LogP contribution in [0.5, 0.6) is 0 Å². The van der Waals surface area contributed by atoms with Crippen LogP contribution in [0.4, 0.5) is 0 Å². The van der Waals surface area contributed by atoms with Crippen LogP contribution in [0.2, 0.25) is 0 Å². The van der Waals surface area contributed by atoms with E-state index in [2.05, 4.69) is 76.0 Å². The van der Waals surface area contributed by atoms with Gasteiger partial charge in [-0.05, 0) is 99.6 Å². The van der Waals surface area contributed by atoms with Gasteiger partial charge in [-0.1, -0.05) is 76.6 Å². The zero-order chi connectivity index (χ0) is 37.8. The van der Waals surface area contributed by atoms with Crippen molar-refractivity contribution in [2.45, 2.75) is 118 Å². The molecule has 51 heavy (non-hydrogen) atoms. The number of aliphatic hydroxyl groups is 3. The van der Waals surface area contributed by atoms with E-state index in [1.165, 1.54) is 16.7 Å². The lowest BCUT2D eigenvalue weighted by Crippen LogP contribution is -2.61. The number of aliphatic hydroxyl groups excluding tert-OH is 3. The zero-order valence-electron chi connectivity index (χ0n) is 32.8. The number of hydrogen-bond donors (Lipinski definition) is 4. The molecule has 7 atom stereocenters. The fourth-order valence-electron chi connectivity index (χ4n) is 7.86. The Bertz CT molecular complexity index is 1490. The number of hydrogen-bond acceptors (Lipinski definition) is 7. The smallest absolute Gasteiger partial charge is 0.247 e. The maximum Gasteiger partial charge on any atom is 0.247 e. The highest BCUT2D eigenvalue weighted by molar-refractivity contribution is 5.93. The van der Waals surface area contributed by atoms with Crippen molar-refractivity contribution < 1.29 is 29.6 Å². The first-order chi connectivity index (χ1) is 23.9. The van der Waals surface area contributed by atoms with Crippen LogP contribution in [0.15, 0.2) is 47.1 Å². The summed E-state index contributed by atoms with van der Waals surface area (Å²) in [4.78, 5) is 31.0. The molecule has 2 aliphatic heterocycles. The SMILES string of the molecule is CCC(C)C1=C(Cc2ccc(C=CC(C)(C)C(=O)NC(C)(C)C(=O)N3CCN(CC)CC3)cc2C)C=C(C2OC(CO)CC(O)C2O)C(C)C1C. The van der Waals surface area contributed by atoms with Gasteiger partial charge >= 0.3 is 0 Å². The maximum absolute atomic E-state index is 13.5. The molecule has 0 aromatic heterocycles. The van der Waals surface area contributed by atoms with Crippen LogP contribution in [-0.4, -0.2) is 106 Å². The molecule has 1 aromatic rings. The fraction of sp³-hybridized carbons (Fsp3) is 0.667. The zero-order valence-corrected chi connectivity index (χ0v) is 32.8. The van der Waals surface area contributed by atoms with Gasteiger partial charge in [-0.3, -0.25) is 9.59 Å². The number of rotatable bonds is 12. The minimum atomic E-state index is -1.05. The van der Waals surface area contributed by atoms with Crippen molar-refractivity contribution in [2.24, 2.45) is 23.2 Å². The predicted molar refractivity (Wildman–Crippen MR) is 204 cm³/mol. The molecule has 2 amide bonds. The number of likely N-dealkylation sites (N-methyl/N-ethyl adjacent to an activating group) is 1. The number of allylic oxidation sites excluding steroid dienone is 3. The molecule has 2 saturated heterocycles. The molecule has 284 valence electrons. The normalized spacial score (nSPS) is 27.5. The van der Waals surface area contributed by atoms with Gasteiger partial charge < -0.3 is 35.2 Å². The molecule has 2 heterocycles. The minimum absolute atomic E-state index is 0.0534. The number of ether oxygens (including phenoxy) is 1. The highest BCUT2D eigenvalue weighted by atomic mass is 16.5. The molecule has 0 radical (unpaired) electrons. The number of aryl methyl sites for hydroxylation is 1. The lowest BCUT2D eigenvalue weighted by Gasteiger charge is -2.43. The van der Waals surface area contributed by atoms with Gasteiger partial charge in [0.2, 0.25) is 11.8 Å². The Morgan fingerprint density at radius 3 is 2.31 bits per heavy atom. The van der Waals surface area contributed by atoms with Gasteiger partial charge in [0.1, 0.15) is 17.7 Å². The summed E-state index contributed by atoms with van der Waals surface area (Å²) in [6, 6.07) is 6.37. The van der Waals surface area contributed by atoms with Crippen LogP contribution in [0, 0.1) is 30.1 Å². The van der Waals surface area contributed by atoms with Gasteiger partial charge in [-0.15, -0.1) is 0 Å². The van der Waals surface area contributed by atoms with Crippen LogP contribution < -0.4 is 5.32 Å². The first-order valence-corrected chi connectivity index (χ1v) is 19.1. The van der Waals surface area contributed by atoms with Gasteiger partial charge in [0.25, 0.3) is 0 Å². The average molecular weight is 708 g/mol. The largest absolute Gasteiger partial charge is 0.394 e. The number of nitrogens with one attached hydrogen (secondary N) is 1. The van der Waals surface area contributed by atoms with Gasteiger partial charge in [0.05, 0.1) is 24.2 Å². The summed E-state index contributed by atoms with van der Waals surface area (Å²) in [6.07, 6.45) is 4.83. The van der Waals surface area contributed by atoms with E-state index < -0.39 is 35.4 Å². The molecular formula is C42H65N3O6. The number of carbonyl (C=O) groups is 2. The number of piperazine rings is 1. The van der Waals surface area contributed by atoms with E-state index in [1.54, 1.807) is 13.8 Å². The third-order valence-electron chi connectivity index (χ3n) is 11.8. The molecular weight excluding hydrogens is 642 g/mol. The van der Waals surface area contributed by atoms with E-state index in [4.69, 9.17) is 4.74 Å². The van der Waals surface area contributed by atoms with E-state index >= 15 is 0 Å². The van der Waals surface area contributed by atoms with E-state index in [-0.39, 0.29) is 36.7 Å². The first kappa shape index (κ1) is 40.9. The molecule has 9 heteroatoms. The summed E-state index contributed by atoms with van der Waals surface area (Å²) in [5.74, 6) is 0.458. The number of nitrogens with zero attached hydrogens (tertiary/aromatic N) is 2. The van der Waals surface area contributed by atoms with E-state index in [0.29, 0.717) is 19.0 Å². The lowest BCUT2D eigenvalue weighted by atomic mass is 9.69. The highest BCUT2D eigenvalue weighted by Gasteiger charge is 2.43. The molecule has 9 nitrogen and oxygen atoms in total. The second kappa shape index (κ2) is 16.9. The van der Waals surface area contributed by atoms with Crippen molar-refractivity contribution in [2.75, 3.05) is 39.3 Å². The Kier molecular flexibility index (Phi) is 13.6. The van der Waals surface area contributed by atoms with Gasteiger partial charge in [-0.25, -0.2) is 0 Å². The second-order valence-corrected chi connectivity index (χ2v) is 16.4. The van der Waals surface area contributed by atoms with Gasteiger partial charge in [0.15, 0.2) is 0 Å². The predicted octanol–water partition coefficient (Wildman–Crippen LogP) is 5.06. The number of carbonyl (C=O) groups excluding carboxylic acids is 2. The standard InChI is InChI=1S/C42H65N3O6/c1-11-26(3)36-29(6)28(5)34(38-37(48)35(47)24-33(25-46)51-38)23-32(36)22-31-14-13-30(21-27(31)4)15-16-41(7,8)39(49)43-42(9,10)40(50)45-19-17-44(12-2)18-20-45/h13-16,21,23,26,28-29,33,35,37-38,46-48H,11-12,17-20,22,24-25H2,1-10H3,(H,43,49). The quantitative estimate of drug-likeness (QED) is 0.240. The first-order valence-electron chi connectivity index (χ1n) is 19.1. The maximum atomic E-state index is 13.5. The molecule has 4 rings (SSSR count). The van der Waals surface area contributed by atoms with Crippen molar-refractivity contribution >= 4 is 17.9 Å². The molecule has 0 spiro atoms. The molecule has 2 fully saturated rings. The van der Waals surface area contributed by atoms with E-state index in [0.717, 1.165) is 49.2 Å². The van der Waals surface area contributed by atoms with Crippen molar-refractivity contribution in [3.05, 3.63) is 63.8 Å². The average Bonchev–Trinajstić information content (AvgIpc) is 3.10. The molecule has 0 saturated carbocycles. The molecule has 1 aliphatic carbocycles. The Labute approximate surface area is 306 Å². The Morgan fingerprint density at radius 2 is 1.73 bits per heavy atom. The summed E-state index contributed by atoms with van der Waals surface area (Å²) in [5.41, 5.74) is 5.06. The van der Waals surface area contributed by atoms with Crippen LogP contribution in [-0.2, 0) is 20.7 Å². The third kappa shape index (κ3) is 9.41. The molecule has 7 unspecified atom stereocenters. The van der Waals surface area contributed by atoms with Crippen LogP contribution >= 0.6 is 0 Å². The van der Waals surface area contributed by atoms with Gasteiger partial charge in [0, 0.05) is 32.6 Å². The molecule has 4 N–H and O–H groups in total. The highest BCUT2D eigenvalue weighted by Crippen LogP contribution is 2.43. The van der Waals surface area contributed by atoms with Crippen molar-refractivity contribution in [1.29, 1.82) is 0 Å². The summed E-state index contributed by atoms with van der Waals surface area (Å²) >= 11 is 0. The van der Waals surface area contributed by atoms with Crippen molar-refractivity contribution in [3.8, 4) is 0 Å². The van der Waals surface area contributed by atoms with Crippen LogP contribution in [0.25, 0.3) is 6.08 Å². The van der Waals surface area contributed by atoms with Crippen molar-refractivity contribution in [3.63, 3.8) is 0 Å². The Hall–Kier alpha value is -2.82. The second-order valence-electron chi connectivity index (χ2n) is 16.4. The van der Waals surface area contributed by atoms with Crippen LogP contribution in [0.1, 0.15) is 91.8 Å². The summed E-state index contributed by atoms with van der Waals surface area (Å²) in [6.45, 7) is 24.3. The molecule has 3 aliphatic rings. The summed E-state index contributed by atoms with van der Waals surface area (Å²) < 4.78 is 6.17. The fourth-order valence-corrected chi connectivity index (χ4v) is 7.86. The topological polar surface area (TPSA) is 123 Å². The molecule has 0 bridgehead atoms. The van der Waals surface area contributed by atoms with Crippen LogP contribution in [0.3, 0.4) is 0 Å². The lowest BCUT2D eigenvalue weighted by molar-refractivity contribution is -0.166. The number of benzene rings is 1. The monoisotopic (exact) mass is 707 g/mol. The third-order valence-corrected chi connectivity index (χ3v) is 11.8.